The third kappa shape index (κ3) is 4.72. The van der Waals surface area contributed by atoms with E-state index in [1.54, 1.807) is 0 Å². The number of aliphatic imine (C=N–C) groups is 1. The van der Waals surface area contributed by atoms with Crippen molar-refractivity contribution in [3.63, 3.8) is 0 Å². The number of Topliss-reactive ketones (excluding diaryl/α,β-unsaturated/α-hetero) is 1. The molecule has 1 rings (SSSR count). The summed E-state index contributed by atoms with van der Waals surface area (Å²) in [5.74, 6) is -2.49. The molecule has 0 saturated heterocycles. The second-order valence-electron chi connectivity index (χ2n) is 3.49. The van der Waals surface area contributed by atoms with Crippen LogP contribution in [-0.2, 0) is 4.79 Å². The summed E-state index contributed by atoms with van der Waals surface area (Å²) in [6.45, 7) is 0. The number of para-hydroxylation sites is 1. The van der Waals surface area contributed by atoms with Crippen molar-refractivity contribution >= 4 is 17.2 Å². The topological polar surface area (TPSA) is 29.4 Å². The summed E-state index contributed by atoms with van der Waals surface area (Å²) < 4.78 is 73.4. The van der Waals surface area contributed by atoms with Crippen molar-refractivity contribution in [3.8, 4) is 0 Å². The monoisotopic (exact) mass is 283 g/mol. The highest BCUT2D eigenvalue weighted by Crippen LogP contribution is 2.26. The van der Waals surface area contributed by atoms with Gasteiger partial charge in [0.05, 0.1) is 12.1 Å². The smallest absolute Gasteiger partial charge is 0.289 e. The van der Waals surface area contributed by atoms with Crippen LogP contribution < -0.4 is 0 Å². The second-order valence-corrected chi connectivity index (χ2v) is 3.49. The van der Waals surface area contributed by atoms with E-state index in [9.17, 15) is 31.1 Å². The highest BCUT2D eigenvalue weighted by Gasteiger charge is 2.44. The molecule has 0 N–H and O–H groups in total. The van der Waals surface area contributed by atoms with Gasteiger partial charge in [0.25, 0.3) is 0 Å². The van der Waals surface area contributed by atoms with Crippen LogP contribution in [0.4, 0.5) is 32.0 Å². The van der Waals surface area contributed by atoms with Crippen molar-refractivity contribution < 1.29 is 31.1 Å². The maximum Gasteiger partial charge on any atom is 0.450 e. The van der Waals surface area contributed by atoms with Crippen LogP contribution in [0, 0.1) is 0 Å². The van der Waals surface area contributed by atoms with Crippen LogP contribution >= 0.6 is 0 Å². The third-order valence-electron chi connectivity index (χ3n) is 1.99. The fourth-order valence-electron chi connectivity index (χ4n) is 1.11. The van der Waals surface area contributed by atoms with Crippen LogP contribution in [0.5, 0.6) is 0 Å². The van der Waals surface area contributed by atoms with E-state index >= 15 is 0 Å². The molecule has 0 fully saturated rings. The first-order valence-electron chi connectivity index (χ1n) is 4.90. The number of carbonyl (C=O) groups excluding carboxylic acids is 1. The number of benzene rings is 1. The first-order valence-corrected chi connectivity index (χ1v) is 4.90. The summed E-state index contributed by atoms with van der Waals surface area (Å²) in [7, 11) is 0. The minimum atomic E-state index is -5.32. The van der Waals surface area contributed by atoms with Crippen LogP contribution in [0.25, 0.3) is 0 Å². The van der Waals surface area contributed by atoms with Crippen molar-refractivity contribution in [3.05, 3.63) is 30.3 Å². The van der Waals surface area contributed by atoms with Crippen molar-refractivity contribution in [2.45, 2.75) is 18.8 Å². The van der Waals surface area contributed by atoms with Gasteiger partial charge in [0.15, 0.2) is 0 Å². The molecule has 0 aromatic heterocycles. The van der Waals surface area contributed by atoms with E-state index in [2.05, 4.69) is 4.99 Å². The maximum absolute atomic E-state index is 12.5. The van der Waals surface area contributed by atoms with Gasteiger partial charge >= 0.3 is 12.4 Å². The zero-order valence-corrected chi connectivity index (χ0v) is 9.22. The zero-order valence-electron chi connectivity index (χ0n) is 9.22. The van der Waals surface area contributed by atoms with E-state index in [1.165, 1.54) is 30.3 Å². The highest BCUT2D eigenvalue weighted by molar-refractivity contribution is 6.07. The molecule has 0 radical (unpaired) electrons. The van der Waals surface area contributed by atoms with Crippen LogP contribution in [0.15, 0.2) is 35.3 Å². The Hall–Kier alpha value is -1.86. The number of rotatable bonds is 3. The number of hydrogen-bond donors (Lipinski definition) is 0. The summed E-state index contributed by atoms with van der Waals surface area (Å²) >= 11 is 0. The standard InChI is InChI=1S/C11H7F6NO/c12-10(13,14)8(6-9(19)11(15,16)17)18-7-4-2-1-3-5-7/h1-5H,6H2/b18-8-. The van der Waals surface area contributed by atoms with Crippen LogP contribution in [-0.4, -0.2) is 23.8 Å². The molecule has 0 aliphatic rings. The maximum atomic E-state index is 12.5. The van der Waals surface area contributed by atoms with Crippen molar-refractivity contribution in [2.24, 2.45) is 4.99 Å². The number of hydrogen-bond acceptors (Lipinski definition) is 2. The Morgan fingerprint density at radius 1 is 0.947 bits per heavy atom. The molecule has 0 bridgehead atoms. The van der Waals surface area contributed by atoms with Crippen LogP contribution in [0.2, 0.25) is 0 Å². The van der Waals surface area contributed by atoms with Gasteiger partial charge in [-0.15, -0.1) is 0 Å². The van der Waals surface area contributed by atoms with Gasteiger partial charge in [-0.1, -0.05) is 18.2 Å². The summed E-state index contributed by atoms with van der Waals surface area (Å²) in [5, 5.41) is 0. The van der Waals surface area contributed by atoms with Crippen molar-refractivity contribution in [1.82, 2.24) is 0 Å². The normalized spacial score (nSPS) is 13.5. The Morgan fingerprint density at radius 3 is 1.89 bits per heavy atom. The van der Waals surface area contributed by atoms with Gasteiger partial charge in [-0.05, 0) is 12.1 Å². The van der Waals surface area contributed by atoms with Gasteiger partial charge in [-0.2, -0.15) is 26.3 Å². The summed E-state index contributed by atoms with van der Waals surface area (Å²) in [5.41, 5.74) is -1.95. The minimum absolute atomic E-state index is 0.176. The molecule has 0 saturated carbocycles. The molecule has 0 atom stereocenters. The first-order chi connectivity index (χ1) is 8.60. The molecule has 104 valence electrons. The van der Waals surface area contributed by atoms with E-state index in [4.69, 9.17) is 0 Å². The fraction of sp³-hybridized carbons (Fsp3) is 0.273. The fourth-order valence-corrected chi connectivity index (χ4v) is 1.11. The lowest BCUT2D eigenvalue weighted by molar-refractivity contribution is -0.170. The van der Waals surface area contributed by atoms with Crippen molar-refractivity contribution in [2.75, 3.05) is 0 Å². The molecule has 0 amide bonds. The Morgan fingerprint density at radius 2 is 1.47 bits per heavy atom. The van der Waals surface area contributed by atoms with Gasteiger partial charge in [0.1, 0.15) is 5.71 Å². The number of nitrogens with zero attached hydrogens (tertiary/aromatic N) is 1. The molecule has 2 nitrogen and oxygen atoms in total. The van der Waals surface area contributed by atoms with E-state index < -0.39 is 30.3 Å². The lowest BCUT2D eigenvalue weighted by Crippen LogP contribution is -2.31. The quantitative estimate of drug-likeness (QED) is 0.612. The van der Waals surface area contributed by atoms with E-state index in [-0.39, 0.29) is 5.69 Å². The lowest BCUT2D eigenvalue weighted by atomic mass is 10.1. The molecule has 1 aromatic rings. The highest BCUT2D eigenvalue weighted by atomic mass is 19.4. The van der Waals surface area contributed by atoms with Crippen LogP contribution in [0.1, 0.15) is 6.42 Å². The zero-order chi connectivity index (χ0) is 14.7. The molecule has 8 heteroatoms. The third-order valence-corrected chi connectivity index (χ3v) is 1.99. The molecule has 0 heterocycles. The SMILES string of the molecule is O=C(C/C(=N/c1ccccc1)C(F)(F)F)C(F)(F)F. The Labute approximate surface area is 103 Å². The first kappa shape index (κ1) is 15.2. The van der Waals surface area contributed by atoms with Crippen molar-refractivity contribution in [1.29, 1.82) is 0 Å². The summed E-state index contributed by atoms with van der Waals surface area (Å²) in [6.07, 6.45) is -12.2. The predicted octanol–water partition coefficient (Wildman–Crippen LogP) is 3.84. The predicted molar refractivity (Wildman–Crippen MR) is 55.3 cm³/mol. The molecule has 0 aliphatic heterocycles. The largest absolute Gasteiger partial charge is 0.450 e. The molecule has 1 aromatic carbocycles. The van der Waals surface area contributed by atoms with Gasteiger partial charge in [-0.25, -0.2) is 4.99 Å². The van der Waals surface area contributed by atoms with Gasteiger partial charge in [0.2, 0.25) is 5.78 Å². The van der Waals surface area contributed by atoms with Gasteiger partial charge in [0, 0.05) is 0 Å². The number of halogens is 6. The summed E-state index contributed by atoms with van der Waals surface area (Å²) in [6, 6.07) is 6.62. The van der Waals surface area contributed by atoms with E-state index in [1.807, 2.05) is 0 Å². The summed E-state index contributed by atoms with van der Waals surface area (Å²) in [4.78, 5) is 13.7. The van der Waals surface area contributed by atoms with E-state index in [0.29, 0.717) is 0 Å². The molecule has 19 heavy (non-hydrogen) atoms. The molecular weight excluding hydrogens is 276 g/mol. The Kier molecular flexibility index (Phi) is 4.33. The number of ketones is 1. The average Bonchev–Trinajstić information content (AvgIpc) is 2.27. The minimum Gasteiger partial charge on any atom is -0.289 e. The molecule has 0 spiro atoms. The Bertz CT molecular complexity index is 474. The Balaban J connectivity index is 3.05. The second kappa shape index (κ2) is 5.41. The molecule has 0 aliphatic carbocycles. The van der Waals surface area contributed by atoms with Crippen LogP contribution in [0.3, 0.4) is 0 Å². The van der Waals surface area contributed by atoms with Gasteiger partial charge < -0.3 is 0 Å². The van der Waals surface area contributed by atoms with Gasteiger partial charge in [-0.3, -0.25) is 4.79 Å². The average molecular weight is 283 g/mol. The lowest BCUT2D eigenvalue weighted by Gasteiger charge is -2.11. The molecular formula is C11H7F6NO. The number of carbonyl (C=O) groups is 1. The number of alkyl halides is 6. The molecule has 0 unspecified atom stereocenters. The van der Waals surface area contributed by atoms with E-state index in [0.717, 1.165) is 0 Å².